The fraction of sp³-hybridized carbons (Fsp3) is 0.600. The zero-order chi connectivity index (χ0) is 16.5. The van der Waals surface area contributed by atoms with E-state index in [0.717, 1.165) is 44.9 Å². The highest BCUT2D eigenvalue weighted by atomic mass is 16.5. The normalized spacial score (nSPS) is 31.4. The van der Waals surface area contributed by atoms with Gasteiger partial charge in [0.1, 0.15) is 6.10 Å². The molecule has 0 spiro atoms. The van der Waals surface area contributed by atoms with Crippen molar-refractivity contribution >= 4 is 11.8 Å². The Morgan fingerprint density at radius 3 is 2.83 bits per heavy atom. The van der Waals surface area contributed by atoms with Crippen LogP contribution in [0.4, 0.5) is 0 Å². The maximum absolute atomic E-state index is 12.0. The number of hydrogen-bond donors (Lipinski definition) is 0. The van der Waals surface area contributed by atoms with E-state index in [1.807, 2.05) is 12.2 Å². The lowest BCUT2D eigenvalue weighted by molar-refractivity contribution is -0.147. The lowest BCUT2D eigenvalue weighted by Gasteiger charge is -2.16. The van der Waals surface area contributed by atoms with Crippen LogP contribution in [-0.2, 0) is 14.3 Å². The third-order valence-electron chi connectivity index (χ3n) is 4.54. The lowest BCUT2D eigenvalue weighted by Crippen LogP contribution is -2.17. The van der Waals surface area contributed by atoms with Crippen molar-refractivity contribution in [2.24, 2.45) is 11.8 Å². The van der Waals surface area contributed by atoms with E-state index in [1.54, 1.807) is 6.08 Å². The molecule has 0 aromatic heterocycles. The second kappa shape index (κ2) is 9.49. The van der Waals surface area contributed by atoms with E-state index in [4.69, 9.17) is 4.74 Å². The van der Waals surface area contributed by atoms with Crippen molar-refractivity contribution in [2.45, 2.75) is 64.4 Å². The van der Waals surface area contributed by atoms with Crippen molar-refractivity contribution in [1.82, 2.24) is 0 Å². The molecule has 1 heterocycles. The van der Waals surface area contributed by atoms with Crippen molar-refractivity contribution in [2.75, 3.05) is 0 Å². The van der Waals surface area contributed by atoms with Crippen molar-refractivity contribution in [1.29, 1.82) is 0 Å². The molecule has 0 unspecified atom stereocenters. The second-order valence-electron chi connectivity index (χ2n) is 6.45. The van der Waals surface area contributed by atoms with Gasteiger partial charge in [0.25, 0.3) is 0 Å². The molecular weight excluding hydrogens is 288 g/mol. The highest BCUT2D eigenvalue weighted by Gasteiger charge is 2.27. The van der Waals surface area contributed by atoms with Gasteiger partial charge in [-0.2, -0.15) is 0 Å². The quantitative estimate of drug-likeness (QED) is 0.434. The fourth-order valence-corrected chi connectivity index (χ4v) is 3.12. The minimum absolute atomic E-state index is 0.00949. The van der Waals surface area contributed by atoms with Gasteiger partial charge in [-0.3, -0.25) is 9.59 Å². The van der Waals surface area contributed by atoms with Crippen LogP contribution in [0.15, 0.2) is 36.5 Å². The minimum Gasteiger partial charge on any atom is -0.458 e. The SMILES string of the molecule is CCCCC[C@H]1/C=C/[C@H]2C=CC(=O)[C@@H]2C/C=C\CCCC(=O)O1. The fourth-order valence-electron chi connectivity index (χ4n) is 3.12. The van der Waals surface area contributed by atoms with Crippen LogP contribution < -0.4 is 0 Å². The Balaban J connectivity index is 2.07. The number of rotatable bonds is 4. The van der Waals surface area contributed by atoms with Crippen LogP contribution in [0.1, 0.15) is 58.3 Å². The summed E-state index contributed by atoms with van der Waals surface area (Å²) in [6.07, 6.45) is 18.9. The van der Waals surface area contributed by atoms with Crippen molar-refractivity contribution in [3.63, 3.8) is 0 Å². The van der Waals surface area contributed by atoms with Crippen molar-refractivity contribution in [3.8, 4) is 0 Å². The van der Waals surface area contributed by atoms with E-state index >= 15 is 0 Å². The molecule has 2 aliphatic rings. The van der Waals surface area contributed by atoms with Gasteiger partial charge < -0.3 is 4.74 Å². The molecule has 0 saturated heterocycles. The molecule has 0 aromatic carbocycles. The molecule has 126 valence electrons. The van der Waals surface area contributed by atoms with Gasteiger partial charge in [-0.1, -0.05) is 44.1 Å². The molecule has 0 aromatic rings. The van der Waals surface area contributed by atoms with E-state index in [2.05, 4.69) is 25.2 Å². The highest BCUT2D eigenvalue weighted by molar-refractivity contribution is 5.95. The van der Waals surface area contributed by atoms with Gasteiger partial charge in [0, 0.05) is 18.3 Å². The zero-order valence-electron chi connectivity index (χ0n) is 14.1. The summed E-state index contributed by atoms with van der Waals surface area (Å²) in [5, 5.41) is 0. The summed E-state index contributed by atoms with van der Waals surface area (Å²) in [6.45, 7) is 2.17. The molecule has 2 rings (SSSR count). The van der Waals surface area contributed by atoms with Gasteiger partial charge in [0.05, 0.1) is 0 Å². The lowest BCUT2D eigenvalue weighted by atomic mass is 9.90. The number of esters is 1. The first-order valence-electron chi connectivity index (χ1n) is 8.95. The molecule has 0 fully saturated rings. The number of carbonyl (C=O) groups excluding carboxylic acids is 2. The van der Waals surface area contributed by atoms with Crippen LogP contribution in [0.3, 0.4) is 0 Å². The Morgan fingerprint density at radius 1 is 1.13 bits per heavy atom. The molecule has 3 heteroatoms. The van der Waals surface area contributed by atoms with Crippen LogP contribution in [-0.4, -0.2) is 17.9 Å². The number of fused-ring (bicyclic) bond motifs is 1. The summed E-state index contributed by atoms with van der Waals surface area (Å²) in [7, 11) is 0. The number of unbranched alkanes of at least 4 members (excludes halogenated alkanes) is 2. The van der Waals surface area contributed by atoms with Gasteiger partial charge in [-0.05, 0) is 44.3 Å². The van der Waals surface area contributed by atoms with E-state index in [-0.39, 0.29) is 29.7 Å². The van der Waals surface area contributed by atoms with Crippen molar-refractivity contribution in [3.05, 3.63) is 36.5 Å². The summed E-state index contributed by atoms with van der Waals surface area (Å²) in [5.41, 5.74) is 0. The van der Waals surface area contributed by atoms with Crippen LogP contribution in [0, 0.1) is 11.8 Å². The monoisotopic (exact) mass is 316 g/mol. The summed E-state index contributed by atoms with van der Waals surface area (Å²) < 4.78 is 5.63. The van der Waals surface area contributed by atoms with E-state index < -0.39 is 0 Å². The first-order valence-corrected chi connectivity index (χ1v) is 8.95. The van der Waals surface area contributed by atoms with E-state index in [0.29, 0.717) is 6.42 Å². The number of hydrogen-bond acceptors (Lipinski definition) is 3. The molecular formula is C20H28O3. The summed E-state index contributed by atoms with van der Waals surface area (Å²) in [5.74, 6) is 0.229. The van der Waals surface area contributed by atoms with E-state index in [9.17, 15) is 9.59 Å². The van der Waals surface area contributed by atoms with Crippen LogP contribution in [0.2, 0.25) is 0 Å². The topological polar surface area (TPSA) is 43.4 Å². The zero-order valence-corrected chi connectivity index (χ0v) is 14.1. The van der Waals surface area contributed by atoms with Crippen LogP contribution >= 0.6 is 0 Å². The molecule has 0 N–H and O–H groups in total. The second-order valence-corrected chi connectivity index (χ2v) is 6.45. The van der Waals surface area contributed by atoms with Crippen molar-refractivity contribution < 1.29 is 14.3 Å². The number of cyclic esters (lactones) is 1. The van der Waals surface area contributed by atoms with E-state index in [1.165, 1.54) is 0 Å². The predicted octanol–water partition coefficient (Wildman–Crippen LogP) is 4.54. The molecule has 1 aliphatic carbocycles. The maximum atomic E-state index is 12.0. The van der Waals surface area contributed by atoms with Gasteiger partial charge >= 0.3 is 5.97 Å². The Kier molecular flexibility index (Phi) is 7.31. The Morgan fingerprint density at radius 2 is 2.00 bits per heavy atom. The molecule has 3 nitrogen and oxygen atoms in total. The largest absolute Gasteiger partial charge is 0.458 e. The summed E-state index contributed by atoms with van der Waals surface area (Å²) in [6, 6.07) is 0. The maximum Gasteiger partial charge on any atom is 0.306 e. The first kappa shape index (κ1) is 17.7. The molecule has 1 aliphatic heterocycles. The Hall–Kier alpha value is -1.64. The Bertz CT molecular complexity index is 487. The number of ether oxygens (including phenoxy) is 1. The summed E-state index contributed by atoms with van der Waals surface area (Å²) in [4.78, 5) is 24.0. The number of carbonyl (C=O) groups is 2. The predicted molar refractivity (Wildman–Crippen MR) is 91.9 cm³/mol. The molecule has 3 atom stereocenters. The molecule has 23 heavy (non-hydrogen) atoms. The van der Waals surface area contributed by atoms with Gasteiger partial charge in [-0.25, -0.2) is 0 Å². The highest BCUT2D eigenvalue weighted by Crippen LogP contribution is 2.28. The number of ketones is 1. The average molecular weight is 316 g/mol. The van der Waals surface area contributed by atoms with Gasteiger partial charge in [-0.15, -0.1) is 0 Å². The minimum atomic E-state index is -0.160. The third-order valence-corrected chi connectivity index (χ3v) is 4.54. The average Bonchev–Trinajstić information content (AvgIpc) is 2.88. The summed E-state index contributed by atoms with van der Waals surface area (Å²) >= 11 is 0. The standard InChI is InChI=1S/C20H28O3/c1-2-3-6-9-17-14-12-16-13-15-19(21)18(16)10-7-4-5-8-11-20(22)23-17/h4,7,12-18H,2-3,5-6,8-11H2,1H3/b7-4-,14-12+/t16-,17-,18+/m0/s1. The number of allylic oxidation sites excluding steroid dienone is 5. The molecule has 0 amide bonds. The van der Waals surface area contributed by atoms with Gasteiger partial charge in [0.2, 0.25) is 0 Å². The molecule has 0 saturated carbocycles. The van der Waals surface area contributed by atoms with Crippen LogP contribution in [0.25, 0.3) is 0 Å². The first-order chi connectivity index (χ1) is 11.2. The van der Waals surface area contributed by atoms with Crippen LogP contribution in [0.5, 0.6) is 0 Å². The molecule has 0 radical (unpaired) electrons. The third kappa shape index (κ3) is 5.81. The Labute approximate surface area is 139 Å². The van der Waals surface area contributed by atoms with Gasteiger partial charge in [0.15, 0.2) is 5.78 Å². The molecule has 0 bridgehead atoms. The smallest absolute Gasteiger partial charge is 0.306 e.